The molecule has 0 saturated heterocycles. The van der Waals surface area contributed by atoms with Crippen LogP contribution in [-0.2, 0) is 37.5 Å². The second-order valence-corrected chi connectivity index (χ2v) is 2.96. The third-order valence-electron chi connectivity index (χ3n) is 1.46. The molecule has 0 unspecified atom stereocenters. The summed E-state index contributed by atoms with van der Waals surface area (Å²) < 4.78 is 0. The zero-order chi connectivity index (χ0) is 11.8. The second-order valence-electron chi connectivity index (χ2n) is 2.96. The first-order valence-electron chi connectivity index (χ1n) is 4.63. The molecule has 4 nitrogen and oxygen atoms in total. The molecule has 0 spiro atoms. The van der Waals surface area contributed by atoms with E-state index in [1.165, 1.54) is 6.92 Å². The Balaban J connectivity index is 0.000000453. The van der Waals surface area contributed by atoms with E-state index >= 15 is 0 Å². The summed E-state index contributed by atoms with van der Waals surface area (Å²) in [6, 6.07) is 7.49. The summed E-state index contributed by atoms with van der Waals surface area (Å²) in [5, 5.41) is 0. The van der Waals surface area contributed by atoms with Crippen molar-refractivity contribution in [3.63, 3.8) is 0 Å². The van der Waals surface area contributed by atoms with Crippen molar-refractivity contribution in [2.45, 2.75) is 6.92 Å². The Labute approximate surface area is 126 Å². The molecular formula is C12H11N3OY-2. The van der Waals surface area contributed by atoms with E-state index < -0.39 is 0 Å². The maximum absolute atomic E-state index is 9.33. The van der Waals surface area contributed by atoms with Crippen LogP contribution < -0.4 is 0 Å². The first kappa shape index (κ1) is 15.9. The summed E-state index contributed by atoms with van der Waals surface area (Å²) in [6.07, 6.45) is 5.90. The topological polar surface area (TPSA) is 55.7 Å². The van der Waals surface area contributed by atoms with Crippen LogP contribution in [0.5, 0.6) is 0 Å². The van der Waals surface area contributed by atoms with Crippen LogP contribution in [-0.4, -0.2) is 20.7 Å². The molecule has 0 atom stereocenters. The Morgan fingerprint density at radius 1 is 1.24 bits per heavy atom. The van der Waals surface area contributed by atoms with E-state index in [2.05, 4.69) is 28.2 Å². The van der Waals surface area contributed by atoms with Gasteiger partial charge in [0.05, 0.1) is 0 Å². The van der Waals surface area contributed by atoms with Gasteiger partial charge in [-0.15, -0.1) is 6.07 Å². The van der Waals surface area contributed by atoms with Gasteiger partial charge in [-0.3, -0.25) is 4.98 Å². The van der Waals surface area contributed by atoms with Gasteiger partial charge in [0.2, 0.25) is 0 Å². The molecule has 5 heteroatoms. The smallest absolute Gasteiger partial charge is 0.0328 e. The zero-order valence-electron chi connectivity index (χ0n) is 9.50. The summed E-state index contributed by atoms with van der Waals surface area (Å²) in [4.78, 5) is 21.1. The molecule has 0 fully saturated rings. The minimum Gasteiger partial charge on any atom is -0.374 e. The van der Waals surface area contributed by atoms with Gasteiger partial charge >= 0.3 is 0 Å². The fraction of sp³-hybridized carbons (Fsp3) is 0.0833. The molecule has 0 aliphatic carbocycles. The van der Waals surface area contributed by atoms with Gasteiger partial charge in [-0.25, -0.2) is 0 Å². The summed E-state index contributed by atoms with van der Waals surface area (Å²) in [5.74, 6) is -0.0833. The Morgan fingerprint density at radius 3 is 2.41 bits per heavy atom. The van der Waals surface area contributed by atoms with Crippen LogP contribution in [0.4, 0.5) is 0 Å². The number of hydrogen-bond donors (Lipinski definition) is 0. The van der Waals surface area contributed by atoms with Gasteiger partial charge in [0.25, 0.3) is 0 Å². The Kier molecular flexibility index (Phi) is 8.37. The third kappa shape index (κ3) is 6.92. The number of hydrogen-bond acceptors (Lipinski definition) is 4. The van der Waals surface area contributed by atoms with Crippen LogP contribution in [0.1, 0.15) is 6.92 Å². The van der Waals surface area contributed by atoms with Crippen molar-refractivity contribution in [2.75, 3.05) is 0 Å². The number of ketones is 1. The molecule has 2 aromatic heterocycles. The number of nitrogens with zero attached hydrogens (tertiary/aromatic N) is 3. The predicted molar refractivity (Wildman–Crippen MR) is 60.1 cm³/mol. The van der Waals surface area contributed by atoms with Crippen LogP contribution in [0.15, 0.2) is 36.7 Å². The van der Waals surface area contributed by atoms with Gasteiger partial charge in [0.1, 0.15) is 0 Å². The largest absolute Gasteiger partial charge is 0.374 e. The number of pyridine rings is 1. The molecule has 1 radical (unpaired) electrons. The molecule has 17 heavy (non-hydrogen) atoms. The van der Waals surface area contributed by atoms with Gasteiger partial charge in [0.15, 0.2) is 0 Å². The molecule has 0 bridgehead atoms. The van der Waals surface area contributed by atoms with E-state index in [9.17, 15) is 4.79 Å². The Hall–Kier alpha value is -1.13. The normalized spacial score (nSPS) is 8.29. The van der Waals surface area contributed by atoms with E-state index in [1.807, 2.05) is 18.2 Å². The number of aromatic nitrogens is 3. The van der Waals surface area contributed by atoms with Crippen LogP contribution in [0.3, 0.4) is 0 Å². The fourth-order valence-electron chi connectivity index (χ4n) is 0.918. The van der Waals surface area contributed by atoms with E-state index in [0.29, 0.717) is 0 Å². The molecule has 2 heterocycles. The molecule has 2 rings (SSSR count). The quantitative estimate of drug-likeness (QED) is 0.753. The maximum Gasteiger partial charge on any atom is 0.0328 e. The minimum absolute atomic E-state index is 0. The molecule has 0 amide bonds. The molecule has 0 aliphatic rings. The van der Waals surface area contributed by atoms with Gasteiger partial charge in [-0.05, 0) is 30.5 Å². The Bertz CT molecular complexity index is 393. The fourth-order valence-corrected chi connectivity index (χ4v) is 0.918. The number of carbonyl (C=O) groups is 1. The average Bonchev–Trinajstić information content (AvgIpc) is 2.31. The van der Waals surface area contributed by atoms with Crippen molar-refractivity contribution < 1.29 is 37.5 Å². The van der Waals surface area contributed by atoms with Gasteiger partial charge in [0, 0.05) is 50.9 Å². The monoisotopic (exact) mass is 302 g/mol. The number of rotatable bonds is 1. The first-order valence-corrected chi connectivity index (χ1v) is 4.63. The number of carbonyl (C=O) groups excluding carboxylic acids is 1. The molecular weight excluding hydrogens is 291 g/mol. The molecule has 0 N–H and O–H groups in total. The van der Waals surface area contributed by atoms with Crippen LogP contribution in [0.2, 0.25) is 0 Å². The van der Waals surface area contributed by atoms with Crippen LogP contribution in [0, 0.1) is 13.3 Å². The SMILES string of the molecule is [CH2-]C(C)=O.[Y].[c-]1nccc(-c2ccccn2)n1. The second kappa shape index (κ2) is 8.96. The van der Waals surface area contributed by atoms with Gasteiger partial charge < -0.3 is 21.7 Å². The molecule has 0 aliphatic heterocycles. The van der Waals surface area contributed by atoms with Crippen molar-refractivity contribution in [1.82, 2.24) is 15.0 Å². The summed E-state index contributed by atoms with van der Waals surface area (Å²) in [6.45, 7) is 4.42. The molecule has 2 aromatic rings. The van der Waals surface area contributed by atoms with Crippen molar-refractivity contribution in [1.29, 1.82) is 0 Å². The molecule has 85 valence electrons. The third-order valence-corrected chi connectivity index (χ3v) is 1.46. The van der Waals surface area contributed by atoms with Crippen LogP contribution in [0.25, 0.3) is 11.4 Å². The van der Waals surface area contributed by atoms with Crippen LogP contribution >= 0.6 is 0 Å². The molecule has 0 saturated carbocycles. The van der Waals surface area contributed by atoms with E-state index in [0.717, 1.165) is 11.4 Å². The Morgan fingerprint density at radius 2 is 1.94 bits per heavy atom. The summed E-state index contributed by atoms with van der Waals surface area (Å²) in [5.41, 5.74) is 1.64. The maximum atomic E-state index is 9.33. The predicted octanol–water partition coefficient (Wildman–Crippen LogP) is 1.75. The van der Waals surface area contributed by atoms with E-state index in [1.54, 1.807) is 18.5 Å². The van der Waals surface area contributed by atoms with E-state index in [4.69, 9.17) is 0 Å². The zero-order valence-corrected chi connectivity index (χ0v) is 12.3. The first-order chi connectivity index (χ1) is 7.70. The summed E-state index contributed by atoms with van der Waals surface area (Å²) >= 11 is 0. The van der Waals surface area contributed by atoms with Crippen molar-refractivity contribution >= 4 is 5.78 Å². The van der Waals surface area contributed by atoms with Crippen molar-refractivity contribution in [3.8, 4) is 11.4 Å². The standard InChI is InChI=1S/C9H6N3.C3H5O.Y/c1-2-5-11-8(3-1)9-4-6-10-7-12-9;1-3(2)4;/h1-6H;1H2,2H3;/q2*-1;. The van der Waals surface area contributed by atoms with E-state index in [-0.39, 0.29) is 38.5 Å². The van der Waals surface area contributed by atoms with Crippen molar-refractivity contribution in [3.05, 3.63) is 49.9 Å². The average molecular weight is 302 g/mol. The molecule has 0 aromatic carbocycles. The summed E-state index contributed by atoms with van der Waals surface area (Å²) in [7, 11) is 0. The number of Topliss-reactive ketones (excluding diaryl/α,β-unsaturated/α-hetero) is 1. The van der Waals surface area contributed by atoms with Gasteiger partial charge in [-0.1, -0.05) is 12.3 Å². The van der Waals surface area contributed by atoms with Crippen molar-refractivity contribution in [2.24, 2.45) is 0 Å². The minimum atomic E-state index is -0.0833. The van der Waals surface area contributed by atoms with Gasteiger partial charge in [-0.2, -0.15) is 0 Å².